The molecular formula is C14H19BrN2O3S. The zero-order chi connectivity index (χ0) is 15.6. The number of primary sulfonamides is 1. The molecule has 2 rings (SSSR count). The molecular weight excluding hydrogens is 356 g/mol. The second-order valence-electron chi connectivity index (χ2n) is 5.46. The fourth-order valence-corrected chi connectivity index (χ4v) is 3.50. The summed E-state index contributed by atoms with van der Waals surface area (Å²) in [5.74, 6) is 0.451. The lowest BCUT2D eigenvalue weighted by Crippen LogP contribution is -2.28. The maximum absolute atomic E-state index is 12.2. The molecule has 0 saturated heterocycles. The van der Waals surface area contributed by atoms with Gasteiger partial charge in [-0.3, -0.25) is 4.79 Å². The molecule has 7 heteroatoms. The van der Waals surface area contributed by atoms with E-state index in [-0.39, 0.29) is 10.8 Å². The van der Waals surface area contributed by atoms with Gasteiger partial charge in [0.15, 0.2) is 0 Å². The SMILES string of the molecule is Cc1c(Br)cc(S(N)(=O)=O)cc1C(=O)NCCC1CCC1. The molecule has 0 spiro atoms. The number of hydrogen-bond acceptors (Lipinski definition) is 3. The Bertz CT molecular complexity index is 654. The summed E-state index contributed by atoms with van der Waals surface area (Å²) in [6, 6.07) is 2.74. The lowest BCUT2D eigenvalue weighted by Gasteiger charge is -2.25. The summed E-state index contributed by atoms with van der Waals surface area (Å²) in [5.41, 5.74) is 1.03. The Hall–Kier alpha value is -0.920. The maximum atomic E-state index is 12.2. The van der Waals surface area contributed by atoms with Crippen LogP contribution in [0.5, 0.6) is 0 Å². The highest BCUT2D eigenvalue weighted by Crippen LogP contribution is 2.29. The zero-order valence-electron chi connectivity index (χ0n) is 11.9. The molecule has 1 fully saturated rings. The van der Waals surface area contributed by atoms with E-state index >= 15 is 0 Å². The van der Waals surface area contributed by atoms with Crippen LogP contribution in [0.2, 0.25) is 0 Å². The first-order valence-electron chi connectivity index (χ1n) is 6.90. The van der Waals surface area contributed by atoms with Gasteiger partial charge in [0.2, 0.25) is 10.0 Å². The first-order valence-corrected chi connectivity index (χ1v) is 9.24. The van der Waals surface area contributed by atoms with Gasteiger partial charge in [0.05, 0.1) is 4.90 Å². The molecule has 0 aromatic heterocycles. The first-order chi connectivity index (χ1) is 9.79. The summed E-state index contributed by atoms with van der Waals surface area (Å²) in [5, 5.41) is 7.98. The van der Waals surface area contributed by atoms with Gasteiger partial charge >= 0.3 is 0 Å². The Morgan fingerprint density at radius 1 is 1.43 bits per heavy atom. The molecule has 0 aliphatic heterocycles. The molecule has 5 nitrogen and oxygen atoms in total. The quantitative estimate of drug-likeness (QED) is 0.828. The van der Waals surface area contributed by atoms with E-state index in [4.69, 9.17) is 5.14 Å². The van der Waals surface area contributed by atoms with E-state index in [1.54, 1.807) is 6.92 Å². The third-order valence-electron chi connectivity index (χ3n) is 3.95. The Morgan fingerprint density at radius 2 is 2.10 bits per heavy atom. The van der Waals surface area contributed by atoms with Crippen LogP contribution < -0.4 is 10.5 Å². The molecule has 116 valence electrons. The average Bonchev–Trinajstić information content (AvgIpc) is 2.33. The minimum absolute atomic E-state index is 0.0656. The number of carbonyl (C=O) groups excluding carboxylic acids is 1. The molecule has 21 heavy (non-hydrogen) atoms. The standard InChI is InChI=1S/C14H19BrN2O3S/c1-9-12(7-11(8-13(9)15)21(16,19)20)14(18)17-6-5-10-3-2-4-10/h7-8,10H,2-6H2,1H3,(H,17,18)(H2,16,19,20). The smallest absolute Gasteiger partial charge is 0.251 e. The Balaban J connectivity index is 2.13. The number of hydrogen-bond donors (Lipinski definition) is 2. The van der Waals surface area contributed by atoms with Crippen molar-refractivity contribution in [3.8, 4) is 0 Å². The van der Waals surface area contributed by atoms with Crippen molar-refractivity contribution in [2.45, 2.75) is 37.5 Å². The summed E-state index contributed by atoms with van der Waals surface area (Å²) in [6.45, 7) is 2.37. The topological polar surface area (TPSA) is 89.3 Å². The third-order valence-corrected chi connectivity index (χ3v) is 5.67. The molecule has 3 N–H and O–H groups in total. The van der Waals surface area contributed by atoms with Crippen molar-refractivity contribution in [2.24, 2.45) is 11.1 Å². The van der Waals surface area contributed by atoms with Gasteiger partial charge in [-0.15, -0.1) is 0 Å². The first kappa shape index (κ1) is 16.5. The minimum Gasteiger partial charge on any atom is -0.352 e. The van der Waals surface area contributed by atoms with Crippen LogP contribution in [-0.4, -0.2) is 20.9 Å². The number of halogens is 1. The van der Waals surface area contributed by atoms with Crippen LogP contribution in [0.3, 0.4) is 0 Å². The molecule has 1 aromatic rings. The van der Waals surface area contributed by atoms with Crippen molar-refractivity contribution >= 4 is 31.9 Å². The normalized spacial score (nSPS) is 15.6. The summed E-state index contributed by atoms with van der Waals surface area (Å²) >= 11 is 3.27. The van der Waals surface area contributed by atoms with E-state index in [9.17, 15) is 13.2 Å². The molecule has 1 amide bonds. The molecule has 0 heterocycles. The Morgan fingerprint density at radius 3 is 2.62 bits per heavy atom. The third kappa shape index (κ3) is 4.05. The molecule has 0 atom stereocenters. The number of nitrogens with one attached hydrogen (secondary N) is 1. The van der Waals surface area contributed by atoms with Crippen LogP contribution in [0.1, 0.15) is 41.6 Å². The van der Waals surface area contributed by atoms with E-state index in [0.717, 1.165) is 6.42 Å². The number of sulfonamides is 1. The van der Waals surface area contributed by atoms with Gasteiger partial charge < -0.3 is 5.32 Å². The lowest BCUT2D eigenvalue weighted by atomic mass is 9.83. The minimum atomic E-state index is -3.84. The Labute approximate surface area is 133 Å². The van der Waals surface area contributed by atoms with Crippen LogP contribution in [0.25, 0.3) is 0 Å². The molecule has 0 bridgehead atoms. The van der Waals surface area contributed by atoms with E-state index in [1.807, 2.05) is 0 Å². The van der Waals surface area contributed by atoms with Crippen molar-refractivity contribution in [1.29, 1.82) is 0 Å². The molecule has 0 radical (unpaired) electrons. The van der Waals surface area contributed by atoms with Crippen molar-refractivity contribution < 1.29 is 13.2 Å². The van der Waals surface area contributed by atoms with Crippen molar-refractivity contribution in [3.05, 3.63) is 27.7 Å². The largest absolute Gasteiger partial charge is 0.352 e. The lowest BCUT2D eigenvalue weighted by molar-refractivity contribution is 0.0948. The summed E-state index contributed by atoms with van der Waals surface area (Å²) in [6.07, 6.45) is 4.73. The van der Waals surface area contributed by atoms with E-state index in [1.165, 1.54) is 31.4 Å². The highest BCUT2D eigenvalue weighted by atomic mass is 79.9. The summed E-state index contributed by atoms with van der Waals surface area (Å²) in [7, 11) is -3.84. The Kier molecular flexibility index (Phi) is 5.06. The number of benzene rings is 1. The fourth-order valence-electron chi connectivity index (χ4n) is 2.32. The number of nitrogens with two attached hydrogens (primary N) is 1. The number of rotatable bonds is 5. The van der Waals surface area contributed by atoms with E-state index < -0.39 is 10.0 Å². The van der Waals surface area contributed by atoms with Gasteiger partial charge in [0, 0.05) is 16.6 Å². The maximum Gasteiger partial charge on any atom is 0.251 e. The number of amides is 1. The van der Waals surface area contributed by atoms with Gasteiger partial charge in [0.25, 0.3) is 5.91 Å². The molecule has 1 aromatic carbocycles. The van der Waals surface area contributed by atoms with Gasteiger partial charge in [-0.05, 0) is 37.0 Å². The van der Waals surface area contributed by atoms with Crippen LogP contribution in [0.15, 0.2) is 21.5 Å². The predicted octanol–water partition coefficient (Wildman–Crippen LogP) is 2.32. The monoisotopic (exact) mass is 374 g/mol. The molecule has 1 aliphatic carbocycles. The highest BCUT2D eigenvalue weighted by molar-refractivity contribution is 9.10. The van der Waals surface area contributed by atoms with Gasteiger partial charge in [-0.2, -0.15) is 0 Å². The summed E-state index contributed by atoms with van der Waals surface area (Å²) < 4.78 is 23.4. The van der Waals surface area contributed by atoms with Crippen molar-refractivity contribution in [1.82, 2.24) is 5.32 Å². The molecule has 1 aliphatic rings. The van der Waals surface area contributed by atoms with Crippen molar-refractivity contribution in [2.75, 3.05) is 6.54 Å². The van der Waals surface area contributed by atoms with Gasteiger partial charge in [0.1, 0.15) is 0 Å². The molecule has 0 unspecified atom stereocenters. The van der Waals surface area contributed by atoms with Crippen LogP contribution in [0, 0.1) is 12.8 Å². The van der Waals surface area contributed by atoms with Gasteiger partial charge in [-0.1, -0.05) is 35.2 Å². The second-order valence-corrected chi connectivity index (χ2v) is 7.88. The van der Waals surface area contributed by atoms with Crippen LogP contribution >= 0.6 is 15.9 Å². The average molecular weight is 375 g/mol. The highest BCUT2D eigenvalue weighted by Gasteiger charge is 2.19. The van der Waals surface area contributed by atoms with E-state index in [2.05, 4.69) is 21.2 Å². The molecule has 1 saturated carbocycles. The predicted molar refractivity (Wildman–Crippen MR) is 84.5 cm³/mol. The van der Waals surface area contributed by atoms with Crippen molar-refractivity contribution in [3.63, 3.8) is 0 Å². The van der Waals surface area contributed by atoms with Gasteiger partial charge in [-0.25, -0.2) is 13.6 Å². The van der Waals surface area contributed by atoms with E-state index in [0.29, 0.717) is 28.1 Å². The number of carbonyl (C=O) groups is 1. The summed E-state index contributed by atoms with van der Waals surface area (Å²) in [4.78, 5) is 12.2. The van der Waals surface area contributed by atoms with Crippen LogP contribution in [-0.2, 0) is 10.0 Å². The zero-order valence-corrected chi connectivity index (χ0v) is 14.3. The fraction of sp³-hybridized carbons (Fsp3) is 0.500. The second kappa shape index (κ2) is 6.46. The van der Waals surface area contributed by atoms with Crippen LogP contribution in [0.4, 0.5) is 0 Å².